The number of aliphatic hydroxyl groups is 1. The number of hydrogen-bond donors (Lipinski definition) is 8. The fourth-order valence-electron chi connectivity index (χ4n) is 12.8. The molecule has 0 saturated heterocycles. The van der Waals surface area contributed by atoms with Crippen LogP contribution in [-0.4, -0.2) is 166 Å². The van der Waals surface area contributed by atoms with Crippen LogP contribution >= 0.6 is 58.0 Å². The van der Waals surface area contributed by atoms with Gasteiger partial charge in [0, 0.05) is 36.8 Å². The topological polar surface area (TPSA) is 362 Å². The first-order valence-electron chi connectivity index (χ1n) is 37.0. The Morgan fingerprint density at radius 1 is 0.568 bits per heavy atom. The van der Waals surface area contributed by atoms with Crippen molar-refractivity contribution in [3.05, 3.63) is 164 Å². The van der Waals surface area contributed by atoms with Crippen LogP contribution in [-0.2, 0) is 58.5 Å². The molecule has 0 radical (unpaired) electrons. The summed E-state index contributed by atoms with van der Waals surface area (Å²) in [6.07, 6.45) is -3.89. The average molecular weight is 1750 g/mol. The van der Waals surface area contributed by atoms with Crippen molar-refractivity contribution in [3.63, 3.8) is 0 Å². The normalized spacial score (nSPS) is 18.7. The van der Waals surface area contributed by atoms with E-state index in [9.17, 15) is 14.7 Å². The molecule has 0 fully saturated rings. The summed E-state index contributed by atoms with van der Waals surface area (Å²) in [6, 6.07) is 16.8. The molecule has 30 nitrogen and oxygen atoms in total. The van der Waals surface area contributed by atoms with Crippen LogP contribution in [0.25, 0.3) is 11.1 Å². The molecule has 8 atom stereocenters. The number of carbonyl (C=O) groups excluding carboxylic acids is 7. The highest BCUT2D eigenvalue weighted by Crippen LogP contribution is 2.50. The lowest BCUT2D eigenvalue weighted by Crippen LogP contribution is -2.57. The van der Waals surface area contributed by atoms with Gasteiger partial charge in [-0.15, -0.1) is 0 Å². The lowest BCUT2D eigenvalue weighted by Gasteiger charge is -2.42. The van der Waals surface area contributed by atoms with Gasteiger partial charge in [-0.25, -0.2) is 9.59 Å². The van der Waals surface area contributed by atoms with Gasteiger partial charge in [-0.05, 0) is 157 Å². The number of halogens is 5. The minimum atomic E-state index is -3.13. The summed E-state index contributed by atoms with van der Waals surface area (Å²) in [5.74, 6) is -5.12. The molecule has 5 aliphatic heterocycles. The fraction of sp³-hybridized carbons (Fsp3) is 0.402. The van der Waals surface area contributed by atoms with Gasteiger partial charge >= 0.3 is 12.2 Å². The van der Waals surface area contributed by atoms with E-state index >= 15 is 24.0 Å². The van der Waals surface area contributed by atoms with Gasteiger partial charge in [0.25, 0.3) is 0 Å². The monoisotopic (exact) mass is 1750 g/mol. The second-order valence-corrected chi connectivity index (χ2v) is 38.0. The molecule has 12 rings (SSSR count). The second-order valence-electron chi connectivity index (χ2n) is 30.0. The number of alkyl carbamates (subject to hydrolysis) is 2. The van der Waals surface area contributed by atoms with Crippen LogP contribution in [0.3, 0.4) is 0 Å². The van der Waals surface area contributed by atoms with Crippen LogP contribution in [0, 0.1) is 0 Å². The van der Waals surface area contributed by atoms with E-state index in [1.54, 1.807) is 57.2 Å². The molecule has 0 unspecified atom stereocenters. The number of hydrogen-bond acceptors (Lipinski definition) is 23. The van der Waals surface area contributed by atoms with Crippen LogP contribution in [0.5, 0.6) is 69.0 Å². The first kappa shape index (κ1) is 90.4. The van der Waals surface area contributed by atoms with Gasteiger partial charge in [0.05, 0.1) is 97.3 Å². The molecule has 7 aromatic rings. The minimum absolute atomic E-state index is 0.00350. The molecule has 11 bridgehead atoms. The van der Waals surface area contributed by atoms with Gasteiger partial charge in [-0.1, -0.05) is 103 Å². The molecule has 8 N–H and O–H groups in total. The van der Waals surface area contributed by atoms with E-state index in [1.807, 2.05) is 33.9 Å². The summed E-state index contributed by atoms with van der Waals surface area (Å²) in [5.41, 5.74) is 0.679. The van der Waals surface area contributed by atoms with Gasteiger partial charge in [0.15, 0.2) is 31.3 Å². The first-order chi connectivity index (χ1) is 55.9. The van der Waals surface area contributed by atoms with E-state index in [0.717, 1.165) is 0 Å². The van der Waals surface area contributed by atoms with Crippen molar-refractivity contribution < 1.29 is 109 Å². The molecule has 0 spiro atoms. The number of nitrogens with one attached hydrogen (secondary N) is 7. The van der Waals surface area contributed by atoms with Crippen molar-refractivity contribution in [2.45, 2.75) is 124 Å². The molecule has 118 heavy (non-hydrogen) atoms. The van der Waals surface area contributed by atoms with Crippen molar-refractivity contribution in [2.75, 3.05) is 89.6 Å². The Bertz CT molecular complexity index is 4870. The third-order valence-corrected chi connectivity index (χ3v) is 25.0. The summed E-state index contributed by atoms with van der Waals surface area (Å²) >= 11 is 32.7. The summed E-state index contributed by atoms with van der Waals surface area (Å²) < 4.78 is 89.2. The zero-order valence-corrected chi connectivity index (χ0v) is 72.1. The molecule has 36 heteroatoms. The summed E-state index contributed by atoms with van der Waals surface area (Å²) in [6.45, 7) is 13.4. The lowest BCUT2D eigenvalue weighted by molar-refractivity contribution is -0.136. The quantitative estimate of drug-likeness (QED) is 0.0128. The SMILES string of the molecule is COCCOCOC[C@H]1NC(=O)[C@H]2NC(=O)[C@H](NC(=O)[C@@H]3NC(=O)[C@H](c4cc(OC)cc(Oc5cc([C@H](CO)NC(=O)OC(C)(C)C)ccc5OC)c4)NC(=O)[C@H](NC(=O)OCC(Cl)(Cl)Cl)Cc4ccc(c(Cl)c4)Oc4cc3cc(c4OC)Oc3ccc(cc3Cl)[C@H]2O[Si](C)(C)C(C)(C)C)c2ccc(OC)c(c2)-c2c(OC)cc(OC)cc21. The van der Waals surface area contributed by atoms with E-state index in [1.165, 1.54) is 129 Å². The zero-order chi connectivity index (χ0) is 85.9. The Morgan fingerprint density at radius 2 is 1.16 bits per heavy atom. The third-order valence-electron chi connectivity index (χ3n) is 19.6. The summed E-state index contributed by atoms with van der Waals surface area (Å²) in [4.78, 5) is 109. The molecule has 634 valence electrons. The van der Waals surface area contributed by atoms with E-state index in [4.69, 9.17) is 129 Å². The maximum Gasteiger partial charge on any atom is 0.408 e. The highest BCUT2D eigenvalue weighted by atomic mass is 35.6. The number of benzene rings is 7. The van der Waals surface area contributed by atoms with E-state index < -0.39 is 126 Å². The smallest absolute Gasteiger partial charge is 0.408 e. The van der Waals surface area contributed by atoms with Gasteiger partial charge < -0.3 is 113 Å². The van der Waals surface area contributed by atoms with Crippen LogP contribution in [0.4, 0.5) is 9.59 Å². The standard InChI is InChI=1S/C82H94Cl5N7O23Si/c1-80(2,3)116-79(102)90-56(38-95)43-17-23-61(107-11)62(32-43)113-50-29-46(28-48(35-50)104-8)68-75(98)93-69-47-33-64(114-59-20-16-42(26-53(59)83)27-55(73(96)91-68)89-78(101)112-40-82(85,86)87)72(109-13)65(34-47)115-60-22-19-45(31-54(60)84)71(117-118(14,15)81(4,5)6)70-77(100)88-57(39-111-41-110-25-24-103-7)51-36-49(105-9)37-63(108-12)66(51)52-30-44(18-21-58(52)106-10)67(74(97)94-70)92-76(69)99/h16-23,26,28-37,55-57,67-71,95H,24-25,27,38-41H2,1-15H3,(H,88,100)(H,89,101)(H,90,102)(H,91,96)(H,92,99)(H,93,98)(H,94,97)/t55-,56+,57-,67-,68+,69-,70+,71-/m1/s1. The average Bonchev–Trinajstić information content (AvgIpc) is 0.758. The number of alkyl halides is 3. The Morgan fingerprint density at radius 3 is 1.75 bits per heavy atom. The lowest BCUT2D eigenvalue weighted by atomic mass is 9.89. The number of rotatable bonds is 23. The molecule has 0 aliphatic carbocycles. The number of aliphatic hydroxyl groups excluding tert-OH is 1. The molecule has 7 aromatic carbocycles. The van der Waals surface area contributed by atoms with Crippen LogP contribution in [0.2, 0.25) is 28.2 Å². The van der Waals surface area contributed by atoms with Crippen molar-refractivity contribution in [2.24, 2.45) is 0 Å². The van der Waals surface area contributed by atoms with Crippen molar-refractivity contribution in [1.82, 2.24) is 37.2 Å². The fourth-order valence-corrected chi connectivity index (χ4v) is 14.7. The van der Waals surface area contributed by atoms with E-state index in [2.05, 4.69) is 37.2 Å². The number of carbonyl (C=O) groups is 7. The molecule has 5 heterocycles. The Balaban J connectivity index is 1.24. The Hall–Kier alpha value is -9.90. The Kier molecular flexibility index (Phi) is 29.8. The minimum Gasteiger partial charge on any atom is -0.497 e. The number of ether oxygens (including phenoxy) is 14. The Labute approximate surface area is 708 Å². The maximum absolute atomic E-state index is 16.8. The van der Waals surface area contributed by atoms with Gasteiger partial charge in [-0.2, -0.15) is 0 Å². The maximum atomic E-state index is 16.8. The van der Waals surface area contributed by atoms with Gasteiger partial charge in [-0.3, -0.25) is 24.0 Å². The summed E-state index contributed by atoms with van der Waals surface area (Å²) in [7, 11) is 6.69. The van der Waals surface area contributed by atoms with Crippen LogP contribution in [0.15, 0.2) is 115 Å². The predicted octanol–water partition coefficient (Wildman–Crippen LogP) is 13.9. The van der Waals surface area contributed by atoms with Crippen LogP contribution in [0.1, 0.15) is 117 Å². The van der Waals surface area contributed by atoms with E-state index in [0.29, 0.717) is 22.3 Å². The molecular formula is C82H94Cl5N7O23Si. The van der Waals surface area contributed by atoms with Crippen LogP contribution < -0.4 is 79.8 Å². The molecule has 5 aliphatic rings. The zero-order valence-electron chi connectivity index (χ0n) is 67.4. The third kappa shape index (κ3) is 22.3. The van der Waals surface area contributed by atoms with E-state index in [-0.39, 0.29) is 140 Å². The summed E-state index contributed by atoms with van der Waals surface area (Å²) in [5, 5.41) is 29.9. The van der Waals surface area contributed by atoms with Gasteiger partial charge in [0.1, 0.15) is 89.5 Å². The molecule has 0 aromatic heterocycles. The first-order valence-corrected chi connectivity index (χ1v) is 41.8. The van der Waals surface area contributed by atoms with Gasteiger partial charge in [0.2, 0.25) is 39.1 Å². The number of fused-ring (bicyclic) bond motifs is 15. The largest absolute Gasteiger partial charge is 0.497 e. The van der Waals surface area contributed by atoms with Crippen molar-refractivity contribution in [3.8, 4) is 80.1 Å². The second kappa shape index (κ2) is 38.9. The highest BCUT2D eigenvalue weighted by Gasteiger charge is 2.46. The molecule has 0 saturated carbocycles. The molecular weight excluding hydrogens is 1660 g/mol. The van der Waals surface area contributed by atoms with Crippen molar-refractivity contribution in [1.29, 1.82) is 0 Å². The van der Waals surface area contributed by atoms with Crippen molar-refractivity contribution >= 4 is 108 Å². The number of amides is 7. The number of methoxy groups -OCH3 is 7. The molecule has 7 amide bonds. The highest BCUT2D eigenvalue weighted by molar-refractivity contribution is 6.74. The predicted molar refractivity (Wildman–Crippen MR) is 440 cm³/mol.